The Balaban J connectivity index is 1.19. The highest BCUT2D eigenvalue weighted by molar-refractivity contribution is 5.53. The zero-order valence-corrected chi connectivity index (χ0v) is 18.7. The van der Waals surface area contributed by atoms with E-state index in [1.807, 2.05) is 0 Å². The number of nitrogen functional groups attached to an aromatic ring is 1. The molecule has 4 rings (SSSR count). The quantitative estimate of drug-likeness (QED) is 0.624. The van der Waals surface area contributed by atoms with Crippen molar-refractivity contribution in [2.45, 2.75) is 51.5 Å². The summed E-state index contributed by atoms with van der Waals surface area (Å²) >= 11 is 0. The molecule has 3 aliphatic rings. The molecule has 2 aliphatic carbocycles. The Morgan fingerprint density at radius 1 is 1.13 bits per heavy atom. The van der Waals surface area contributed by atoms with Crippen LogP contribution in [0.15, 0.2) is 42.8 Å². The second-order valence-corrected chi connectivity index (χ2v) is 9.83. The fraction of sp³-hybridized carbons (Fsp3) is 0.600. The first-order chi connectivity index (χ1) is 14.7. The monoisotopic (exact) mass is 430 g/mol. The Bertz CT molecular complexity index is 832. The van der Waals surface area contributed by atoms with Crippen LogP contribution in [0, 0.1) is 18.3 Å². The van der Waals surface area contributed by atoms with Gasteiger partial charge in [0.15, 0.2) is 0 Å². The first-order valence-corrected chi connectivity index (χ1v) is 11.5. The van der Waals surface area contributed by atoms with Crippen LogP contribution in [0.3, 0.4) is 0 Å². The lowest BCUT2D eigenvalue weighted by atomic mass is 9.82. The maximum atomic E-state index is 13.5. The Hall–Kier alpha value is -2.08. The summed E-state index contributed by atoms with van der Waals surface area (Å²) < 4.78 is 27.0. The lowest BCUT2D eigenvalue weighted by Gasteiger charge is -2.37. The van der Waals surface area contributed by atoms with Gasteiger partial charge in [0.2, 0.25) is 5.92 Å². The molecule has 0 amide bonds. The van der Waals surface area contributed by atoms with Crippen LogP contribution in [0.2, 0.25) is 0 Å². The van der Waals surface area contributed by atoms with E-state index in [1.165, 1.54) is 5.56 Å². The summed E-state index contributed by atoms with van der Waals surface area (Å²) in [6.45, 7) is 15.9. The average molecular weight is 431 g/mol. The normalized spacial score (nSPS) is 24.7. The highest BCUT2D eigenvalue weighted by Crippen LogP contribution is 2.65. The largest absolute Gasteiger partial charge is 0.398 e. The Kier molecular flexibility index (Phi) is 6.03. The molecule has 31 heavy (non-hydrogen) atoms. The Labute approximate surface area is 185 Å². The first-order valence-electron chi connectivity index (χ1n) is 11.5. The number of piperazine rings is 1. The number of anilines is 1. The molecular weight excluding hydrogens is 394 g/mol. The summed E-state index contributed by atoms with van der Waals surface area (Å²) in [5.41, 5.74) is 11.6. The molecule has 1 aliphatic heterocycles. The fourth-order valence-electron chi connectivity index (χ4n) is 5.30. The predicted molar refractivity (Wildman–Crippen MR) is 123 cm³/mol. The second-order valence-electron chi connectivity index (χ2n) is 9.83. The third-order valence-corrected chi connectivity index (χ3v) is 7.74. The van der Waals surface area contributed by atoms with Gasteiger partial charge in [-0.2, -0.15) is 0 Å². The van der Waals surface area contributed by atoms with Crippen LogP contribution in [-0.2, 0) is 6.54 Å². The van der Waals surface area contributed by atoms with Crippen molar-refractivity contribution in [1.82, 2.24) is 15.1 Å². The third kappa shape index (κ3) is 4.89. The molecule has 0 aromatic heterocycles. The lowest BCUT2D eigenvalue weighted by Crippen LogP contribution is -2.46. The van der Waals surface area contributed by atoms with Crippen molar-refractivity contribution in [2.24, 2.45) is 11.3 Å². The molecule has 1 aromatic carbocycles. The minimum atomic E-state index is -2.46. The van der Waals surface area contributed by atoms with Gasteiger partial charge in [0.25, 0.3) is 0 Å². The molecule has 6 heteroatoms. The van der Waals surface area contributed by atoms with E-state index < -0.39 is 5.92 Å². The van der Waals surface area contributed by atoms with Crippen LogP contribution in [0.25, 0.3) is 0 Å². The van der Waals surface area contributed by atoms with Crippen molar-refractivity contribution in [3.63, 3.8) is 0 Å². The molecule has 1 aromatic rings. The van der Waals surface area contributed by atoms with Crippen molar-refractivity contribution < 1.29 is 8.78 Å². The van der Waals surface area contributed by atoms with Crippen molar-refractivity contribution in [1.29, 1.82) is 0 Å². The zero-order chi connectivity index (χ0) is 22.2. The smallest absolute Gasteiger partial charge is 0.248 e. The van der Waals surface area contributed by atoms with E-state index >= 15 is 0 Å². The average Bonchev–Trinajstić information content (AvgIpc) is 3.47. The molecule has 4 nitrogen and oxygen atoms in total. The number of nitrogens with two attached hydrogens (primary N) is 1. The number of rotatable bonds is 7. The molecule has 3 N–H and O–H groups in total. The number of benzene rings is 1. The Morgan fingerprint density at radius 3 is 2.48 bits per heavy atom. The molecular formula is C25H36F2N4. The van der Waals surface area contributed by atoms with Crippen LogP contribution in [-0.4, -0.2) is 48.4 Å². The number of nitrogens with one attached hydrogen (secondary N) is 1. The third-order valence-electron chi connectivity index (χ3n) is 7.74. The topological polar surface area (TPSA) is 44.5 Å². The number of aryl methyl sites for hydroxylation is 1. The summed E-state index contributed by atoms with van der Waals surface area (Å²) in [4.78, 5) is 4.77. The molecule has 1 saturated heterocycles. The standard InChI is InChI=1S/C25H36F2N4/c1-18-5-4-6-21(23(18)28)17-30-11-13-31(14-12-30)19(2)16-29-20(3)22-15-24(22)7-9-25(26,27)10-8-24/h4-6,22,29H,2-3,7-17,28H2,1H3. The van der Waals surface area contributed by atoms with Gasteiger partial charge in [-0.15, -0.1) is 0 Å². The SMILES string of the molecule is C=C(NCC(=C)N1CCN(Cc2cccc(C)c2N)CC1)C1CC12CCC(F)(F)CC2. The van der Waals surface area contributed by atoms with E-state index in [0.717, 1.165) is 61.8 Å². The van der Waals surface area contributed by atoms with E-state index in [2.05, 4.69) is 53.4 Å². The summed E-state index contributed by atoms with van der Waals surface area (Å²) in [5.74, 6) is -2.12. The minimum absolute atomic E-state index is 0.0297. The molecule has 1 spiro atoms. The molecule has 0 bridgehead atoms. The summed E-state index contributed by atoms with van der Waals surface area (Å²) in [7, 11) is 0. The molecule has 2 saturated carbocycles. The van der Waals surface area contributed by atoms with Gasteiger partial charge in [0, 0.05) is 68.6 Å². The van der Waals surface area contributed by atoms with E-state index in [9.17, 15) is 8.78 Å². The Morgan fingerprint density at radius 2 is 1.81 bits per heavy atom. The van der Waals surface area contributed by atoms with Gasteiger partial charge in [-0.25, -0.2) is 8.78 Å². The lowest BCUT2D eigenvalue weighted by molar-refractivity contribution is -0.0512. The van der Waals surface area contributed by atoms with Crippen LogP contribution in [0.5, 0.6) is 0 Å². The number of alkyl halides is 2. The number of halogens is 2. The van der Waals surface area contributed by atoms with Crippen LogP contribution in [0.4, 0.5) is 14.5 Å². The summed E-state index contributed by atoms with van der Waals surface area (Å²) in [5, 5.41) is 3.45. The number of hydrogen-bond acceptors (Lipinski definition) is 4. The van der Waals surface area contributed by atoms with E-state index in [4.69, 9.17) is 5.73 Å². The number of allylic oxidation sites excluding steroid dienone is 1. The van der Waals surface area contributed by atoms with E-state index in [0.29, 0.717) is 25.3 Å². The van der Waals surface area contributed by atoms with Crippen molar-refractivity contribution in [2.75, 3.05) is 38.5 Å². The van der Waals surface area contributed by atoms with Gasteiger partial charge in [0.05, 0.1) is 6.54 Å². The van der Waals surface area contributed by atoms with Crippen LogP contribution >= 0.6 is 0 Å². The second kappa shape index (κ2) is 8.45. The van der Waals surface area contributed by atoms with Gasteiger partial charge in [-0.1, -0.05) is 31.4 Å². The number of nitrogens with zero attached hydrogens (tertiary/aromatic N) is 2. The van der Waals surface area contributed by atoms with Gasteiger partial charge in [0.1, 0.15) is 0 Å². The fourth-order valence-corrected chi connectivity index (χ4v) is 5.30. The summed E-state index contributed by atoms with van der Waals surface area (Å²) in [6.07, 6.45) is 2.31. The molecule has 170 valence electrons. The van der Waals surface area contributed by atoms with Gasteiger partial charge in [-0.05, 0) is 42.7 Å². The molecule has 1 atom stereocenters. The molecule has 0 radical (unpaired) electrons. The summed E-state index contributed by atoms with van der Waals surface area (Å²) in [6, 6.07) is 6.23. The highest BCUT2D eigenvalue weighted by atomic mass is 19.3. The van der Waals surface area contributed by atoms with E-state index in [-0.39, 0.29) is 18.3 Å². The number of hydrogen-bond donors (Lipinski definition) is 2. The van der Waals surface area contributed by atoms with Crippen molar-refractivity contribution >= 4 is 5.69 Å². The van der Waals surface area contributed by atoms with Crippen LogP contribution < -0.4 is 11.1 Å². The highest BCUT2D eigenvalue weighted by Gasteiger charge is 2.58. The minimum Gasteiger partial charge on any atom is -0.398 e. The maximum absolute atomic E-state index is 13.5. The van der Waals surface area contributed by atoms with Gasteiger partial charge in [-0.3, -0.25) is 4.90 Å². The van der Waals surface area contributed by atoms with Gasteiger partial charge < -0.3 is 16.0 Å². The zero-order valence-electron chi connectivity index (χ0n) is 18.7. The van der Waals surface area contributed by atoms with Crippen molar-refractivity contribution in [3.8, 4) is 0 Å². The maximum Gasteiger partial charge on any atom is 0.248 e. The number of para-hydroxylation sites is 1. The molecule has 3 fully saturated rings. The van der Waals surface area contributed by atoms with E-state index in [1.54, 1.807) is 0 Å². The molecule has 1 heterocycles. The predicted octanol–water partition coefficient (Wildman–Crippen LogP) is 4.53. The van der Waals surface area contributed by atoms with Gasteiger partial charge >= 0.3 is 0 Å². The van der Waals surface area contributed by atoms with Crippen LogP contribution in [0.1, 0.15) is 43.2 Å². The van der Waals surface area contributed by atoms with Crippen molar-refractivity contribution in [3.05, 3.63) is 53.9 Å². The first kappa shape index (κ1) is 22.1. The molecule has 1 unspecified atom stereocenters.